The molecule has 0 radical (unpaired) electrons. The largest absolute Gasteiger partial charge is 0.395 e. The molecule has 6 nitrogen and oxygen atoms in total. The Kier molecular flexibility index (Phi) is 4.19. The molecule has 0 spiro atoms. The summed E-state index contributed by atoms with van der Waals surface area (Å²) in [4.78, 5) is 20.2. The zero-order valence-electron chi connectivity index (χ0n) is 12.7. The number of aromatic nitrogens is 2. The highest BCUT2D eigenvalue weighted by molar-refractivity contribution is 6.31. The number of nitrogens with zero attached hydrogens (tertiary/aromatic N) is 2. The Morgan fingerprint density at radius 3 is 2.83 bits per heavy atom. The van der Waals surface area contributed by atoms with Crippen LogP contribution in [0.15, 0.2) is 24.5 Å². The SMILES string of the molecule is Cc1ccc(C(=O)NC2CC2)cc1C(N)c1ncnc(Cl)c1N. The van der Waals surface area contributed by atoms with Gasteiger partial charge in [-0.15, -0.1) is 0 Å². The molecule has 1 atom stereocenters. The van der Waals surface area contributed by atoms with Gasteiger partial charge < -0.3 is 16.8 Å². The Labute approximate surface area is 139 Å². The average Bonchev–Trinajstić information content (AvgIpc) is 3.33. The number of anilines is 1. The summed E-state index contributed by atoms with van der Waals surface area (Å²) < 4.78 is 0. The summed E-state index contributed by atoms with van der Waals surface area (Å²) in [5, 5.41) is 3.14. The van der Waals surface area contributed by atoms with Gasteiger partial charge in [0, 0.05) is 11.6 Å². The van der Waals surface area contributed by atoms with Crippen LogP contribution < -0.4 is 16.8 Å². The average molecular weight is 332 g/mol. The van der Waals surface area contributed by atoms with E-state index in [1.165, 1.54) is 6.33 Å². The fraction of sp³-hybridized carbons (Fsp3) is 0.312. The molecule has 0 bridgehead atoms. The number of carbonyl (C=O) groups excluding carboxylic acids is 1. The number of amides is 1. The topological polar surface area (TPSA) is 107 Å². The molecule has 1 heterocycles. The number of hydrogen-bond donors (Lipinski definition) is 3. The van der Waals surface area contributed by atoms with E-state index in [1.54, 1.807) is 12.1 Å². The number of rotatable bonds is 4. The molecule has 2 aromatic rings. The molecular weight excluding hydrogens is 314 g/mol. The van der Waals surface area contributed by atoms with Gasteiger partial charge in [0.2, 0.25) is 0 Å². The molecule has 5 N–H and O–H groups in total. The van der Waals surface area contributed by atoms with Gasteiger partial charge in [-0.1, -0.05) is 17.7 Å². The van der Waals surface area contributed by atoms with Crippen molar-refractivity contribution in [1.82, 2.24) is 15.3 Å². The third-order valence-corrected chi connectivity index (χ3v) is 4.25. The molecule has 7 heteroatoms. The standard InChI is InChI=1S/C16H18ClN5O/c1-8-2-3-9(16(23)22-10-4-5-10)6-11(8)12(18)14-13(19)15(17)21-7-20-14/h2-3,6-7,10,12H,4-5,18-19H2,1H3,(H,22,23). The lowest BCUT2D eigenvalue weighted by Gasteiger charge is -2.17. The molecule has 120 valence electrons. The molecule has 1 aliphatic rings. The molecular formula is C16H18ClN5O. The fourth-order valence-electron chi connectivity index (χ4n) is 2.39. The van der Waals surface area contributed by atoms with Gasteiger partial charge in [-0.25, -0.2) is 9.97 Å². The number of nitrogens with two attached hydrogens (primary N) is 2. The predicted molar refractivity (Wildman–Crippen MR) is 89.2 cm³/mol. The molecule has 0 aliphatic heterocycles. The van der Waals surface area contributed by atoms with Gasteiger partial charge in [-0.05, 0) is 43.0 Å². The minimum absolute atomic E-state index is 0.0883. The number of carbonyl (C=O) groups is 1. The molecule has 23 heavy (non-hydrogen) atoms. The monoisotopic (exact) mass is 331 g/mol. The van der Waals surface area contributed by atoms with Crippen LogP contribution in [0.25, 0.3) is 0 Å². The molecule has 1 fully saturated rings. The van der Waals surface area contributed by atoms with Crippen LogP contribution in [-0.4, -0.2) is 21.9 Å². The van der Waals surface area contributed by atoms with Crippen molar-refractivity contribution in [3.63, 3.8) is 0 Å². The summed E-state index contributed by atoms with van der Waals surface area (Å²) in [5.41, 5.74) is 15.3. The van der Waals surface area contributed by atoms with E-state index in [9.17, 15) is 4.79 Å². The van der Waals surface area contributed by atoms with Gasteiger partial charge in [0.1, 0.15) is 6.33 Å². The van der Waals surface area contributed by atoms with Crippen LogP contribution in [0, 0.1) is 6.92 Å². The molecule has 3 rings (SSSR count). The van der Waals surface area contributed by atoms with Crippen LogP contribution in [0.1, 0.15) is 46.1 Å². The summed E-state index contributed by atoms with van der Waals surface area (Å²) in [6.45, 7) is 1.93. The van der Waals surface area contributed by atoms with Crippen LogP contribution in [0.4, 0.5) is 5.69 Å². The zero-order chi connectivity index (χ0) is 16.6. The summed E-state index contributed by atoms with van der Waals surface area (Å²) in [7, 11) is 0. The zero-order valence-corrected chi connectivity index (χ0v) is 13.5. The van der Waals surface area contributed by atoms with Crippen molar-refractivity contribution in [1.29, 1.82) is 0 Å². The highest BCUT2D eigenvalue weighted by Crippen LogP contribution is 2.29. The van der Waals surface area contributed by atoms with Crippen molar-refractivity contribution < 1.29 is 4.79 Å². The normalized spacial score (nSPS) is 15.3. The second kappa shape index (κ2) is 6.14. The van der Waals surface area contributed by atoms with Crippen LogP contribution >= 0.6 is 11.6 Å². The van der Waals surface area contributed by atoms with Crippen molar-refractivity contribution in [2.45, 2.75) is 31.8 Å². The minimum atomic E-state index is -0.579. The lowest BCUT2D eigenvalue weighted by atomic mass is 9.96. The molecule has 0 saturated heterocycles. The maximum Gasteiger partial charge on any atom is 0.251 e. The van der Waals surface area contributed by atoms with E-state index in [1.807, 2.05) is 13.0 Å². The number of hydrogen-bond acceptors (Lipinski definition) is 5. The first-order valence-corrected chi connectivity index (χ1v) is 7.78. The van der Waals surface area contributed by atoms with E-state index in [-0.39, 0.29) is 16.7 Å². The molecule has 1 unspecified atom stereocenters. The highest BCUT2D eigenvalue weighted by Gasteiger charge is 2.25. The highest BCUT2D eigenvalue weighted by atomic mass is 35.5. The van der Waals surface area contributed by atoms with Crippen LogP contribution in [0.5, 0.6) is 0 Å². The van der Waals surface area contributed by atoms with Gasteiger partial charge in [0.25, 0.3) is 5.91 Å². The number of benzene rings is 1. The summed E-state index contributed by atoms with van der Waals surface area (Å²) >= 11 is 5.94. The lowest BCUT2D eigenvalue weighted by Crippen LogP contribution is -2.26. The van der Waals surface area contributed by atoms with Crippen molar-refractivity contribution in [3.05, 3.63) is 52.1 Å². The first-order chi connectivity index (χ1) is 11.0. The van der Waals surface area contributed by atoms with E-state index >= 15 is 0 Å². The van der Waals surface area contributed by atoms with E-state index in [0.29, 0.717) is 17.3 Å². The Bertz CT molecular complexity index is 760. The molecule has 1 aromatic heterocycles. The maximum atomic E-state index is 12.2. The summed E-state index contributed by atoms with van der Waals surface area (Å²) in [5.74, 6) is -0.0883. The second-order valence-corrected chi connectivity index (χ2v) is 6.12. The number of aryl methyl sites for hydroxylation is 1. The first kappa shape index (κ1) is 15.7. The Morgan fingerprint density at radius 2 is 2.13 bits per heavy atom. The quantitative estimate of drug-likeness (QED) is 0.742. The van der Waals surface area contributed by atoms with E-state index in [4.69, 9.17) is 23.1 Å². The van der Waals surface area contributed by atoms with Crippen LogP contribution in [-0.2, 0) is 0 Å². The van der Waals surface area contributed by atoms with Gasteiger partial charge in [-0.3, -0.25) is 4.79 Å². The first-order valence-electron chi connectivity index (χ1n) is 7.40. The number of nitrogen functional groups attached to an aromatic ring is 1. The third-order valence-electron chi connectivity index (χ3n) is 3.95. The van der Waals surface area contributed by atoms with Crippen molar-refractivity contribution in [2.75, 3.05) is 5.73 Å². The smallest absolute Gasteiger partial charge is 0.251 e. The summed E-state index contributed by atoms with van der Waals surface area (Å²) in [6.07, 6.45) is 3.41. The van der Waals surface area contributed by atoms with E-state index < -0.39 is 6.04 Å². The molecule has 1 aromatic carbocycles. The van der Waals surface area contributed by atoms with Gasteiger partial charge in [0.05, 0.1) is 17.4 Å². The van der Waals surface area contributed by atoms with Crippen molar-refractivity contribution in [2.24, 2.45) is 5.73 Å². The van der Waals surface area contributed by atoms with Crippen molar-refractivity contribution in [3.8, 4) is 0 Å². The van der Waals surface area contributed by atoms with Gasteiger partial charge >= 0.3 is 0 Å². The van der Waals surface area contributed by atoms with E-state index in [0.717, 1.165) is 24.0 Å². The molecule has 1 amide bonds. The fourth-order valence-corrected chi connectivity index (χ4v) is 2.54. The van der Waals surface area contributed by atoms with E-state index in [2.05, 4.69) is 15.3 Å². The number of halogens is 1. The Balaban J connectivity index is 1.94. The number of nitrogens with one attached hydrogen (secondary N) is 1. The Hall–Kier alpha value is -2.18. The Morgan fingerprint density at radius 1 is 1.39 bits per heavy atom. The second-order valence-electron chi connectivity index (χ2n) is 5.76. The van der Waals surface area contributed by atoms with Gasteiger partial charge in [-0.2, -0.15) is 0 Å². The van der Waals surface area contributed by atoms with Crippen LogP contribution in [0.2, 0.25) is 5.15 Å². The van der Waals surface area contributed by atoms with Crippen LogP contribution in [0.3, 0.4) is 0 Å². The minimum Gasteiger partial charge on any atom is -0.395 e. The summed E-state index contributed by atoms with van der Waals surface area (Å²) in [6, 6.07) is 5.17. The molecule has 1 aliphatic carbocycles. The maximum absolute atomic E-state index is 12.2. The lowest BCUT2D eigenvalue weighted by molar-refractivity contribution is 0.0951. The van der Waals surface area contributed by atoms with Gasteiger partial charge in [0.15, 0.2) is 5.15 Å². The van der Waals surface area contributed by atoms with Crippen molar-refractivity contribution >= 4 is 23.2 Å². The third kappa shape index (κ3) is 3.28. The molecule has 1 saturated carbocycles. The predicted octanol–water partition coefficient (Wildman–Crippen LogP) is 1.96.